The van der Waals surface area contributed by atoms with Crippen LogP contribution in [0.3, 0.4) is 0 Å². The lowest BCUT2D eigenvalue weighted by molar-refractivity contribution is -0.134. The predicted octanol–water partition coefficient (Wildman–Crippen LogP) is 4.83. The van der Waals surface area contributed by atoms with Crippen molar-refractivity contribution in [2.75, 3.05) is 0 Å². The monoisotopic (exact) mass is 370 g/mol. The third-order valence-corrected chi connectivity index (χ3v) is 6.06. The lowest BCUT2D eigenvalue weighted by Crippen LogP contribution is -2.34. The van der Waals surface area contributed by atoms with Crippen LogP contribution in [0, 0.1) is 5.92 Å². The molecule has 0 aliphatic heterocycles. The molecule has 142 valence electrons. The summed E-state index contributed by atoms with van der Waals surface area (Å²) in [5, 5.41) is 0. The van der Waals surface area contributed by atoms with E-state index in [2.05, 4.69) is 76.3 Å². The van der Waals surface area contributed by atoms with Crippen LogP contribution >= 0.6 is 0 Å². The Morgan fingerprint density at radius 1 is 0.929 bits per heavy atom. The topological polar surface area (TPSA) is 25.2 Å². The Morgan fingerprint density at radius 3 is 2.36 bits per heavy atom. The Morgan fingerprint density at radius 2 is 1.64 bits per heavy atom. The van der Waals surface area contributed by atoms with E-state index in [1.165, 1.54) is 16.8 Å². The zero-order chi connectivity index (χ0) is 18.9. The van der Waals surface area contributed by atoms with Gasteiger partial charge in [-0.3, -0.25) is 4.79 Å². The van der Waals surface area contributed by atoms with Crippen molar-refractivity contribution in [1.29, 1.82) is 0 Å². The maximum absolute atomic E-state index is 13.3. The van der Waals surface area contributed by atoms with Gasteiger partial charge in [0.25, 0.3) is 0 Å². The number of carbonyl (C=O) groups is 1. The number of carbonyl (C=O) groups excluding carboxylic acids is 1. The fraction of sp³-hybridized carbons (Fsp3) is 0.320. The molecule has 2 atom stereocenters. The molecule has 0 bridgehead atoms. The van der Waals surface area contributed by atoms with Crippen LogP contribution in [-0.2, 0) is 17.9 Å². The number of hydrogen-bond donors (Lipinski definition) is 0. The van der Waals surface area contributed by atoms with Crippen molar-refractivity contribution in [3.8, 4) is 0 Å². The minimum absolute atomic E-state index is 0.167. The van der Waals surface area contributed by atoms with Gasteiger partial charge in [-0.05, 0) is 48.4 Å². The molecule has 3 aromatic rings. The van der Waals surface area contributed by atoms with Crippen LogP contribution in [-0.4, -0.2) is 21.4 Å². The van der Waals surface area contributed by atoms with Gasteiger partial charge in [-0.15, -0.1) is 0 Å². The molecule has 2 saturated carbocycles. The molecule has 1 heterocycles. The summed E-state index contributed by atoms with van der Waals surface area (Å²) in [5.41, 5.74) is 3.82. The first-order chi connectivity index (χ1) is 13.8. The summed E-state index contributed by atoms with van der Waals surface area (Å²) in [4.78, 5) is 15.4. The van der Waals surface area contributed by atoms with Crippen LogP contribution in [0.1, 0.15) is 42.0 Å². The normalized spacial score (nSPS) is 20.7. The SMILES string of the molecule is O=C([C@@H]1C[C@@H]1c1ccccc1)N(Cc1cccn1Cc1ccccc1)C1CC1. The molecule has 0 N–H and O–H groups in total. The molecular weight excluding hydrogens is 344 g/mol. The third kappa shape index (κ3) is 3.62. The van der Waals surface area contributed by atoms with E-state index >= 15 is 0 Å². The zero-order valence-electron chi connectivity index (χ0n) is 16.1. The highest BCUT2D eigenvalue weighted by Crippen LogP contribution is 2.49. The maximum atomic E-state index is 13.3. The van der Waals surface area contributed by atoms with Gasteiger partial charge in [0.1, 0.15) is 0 Å². The van der Waals surface area contributed by atoms with E-state index in [1.54, 1.807) is 0 Å². The minimum atomic E-state index is 0.167. The first kappa shape index (κ1) is 17.3. The Bertz CT molecular complexity index is 943. The molecule has 0 spiro atoms. The van der Waals surface area contributed by atoms with Gasteiger partial charge >= 0.3 is 0 Å². The summed E-state index contributed by atoms with van der Waals surface area (Å²) < 4.78 is 2.28. The Labute approximate surface area is 166 Å². The van der Waals surface area contributed by atoms with Gasteiger partial charge in [-0.2, -0.15) is 0 Å². The fourth-order valence-corrected chi connectivity index (χ4v) is 4.22. The molecule has 0 unspecified atom stereocenters. The average molecular weight is 370 g/mol. The van der Waals surface area contributed by atoms with Crippen LogP contribution in [0.5, 0.6) is 0 Å². The Hall–Kier alpha value is -2.81. The van der Waals surface area contributed by atoms with Crippen LogP contribution in [0.25, 0.3) is 0 Å². The lowest BCUT2D eigenvalue weighted by atomic mass is 10.1. The summed E-state index contributed by atoms with van der Waals surface area (Å²) in [6.07, 6.45) is 5.42. The molecule has 28 heavy (non-hydrogen) atoms. The van der Waals surface area contributed by atoms with Gasteiger partial charge in [0.05, 0.1) is 6.54 Å². The first-order valence-corrected chi connectivity index (χ1v) is 10.3. The second-order valence-electron chi connectivity index (χ2n) is 8.17. The standard InChI is InChI=1S/C25H26N2O/c28-25(24-16-23(24)20-10-5-2-6-11-20)27(21-13-14-21)18-22-12-7-15-26(22)17-19-8-3-1-4-9-19/h1-12,15,21,23-24H,13-14,16-18H2/t23-,24-/m1/s1. The number of amides is 1. The van der Waals surface area contributed by atoms with Crippen molar-refractivity contribution in [3.05, 3.63) is 95.8 Å². The van der Waals surface area contributed by atoms with Crippen molar-refractivity contribution in [2.24, 2.45) is 5.92 Å². The molecule has 2 fully saturated rings. The van der Waals surface area contributed by atoms with Crippen molar-refractivity contribution in [1.82, 2.24) is 9.47 Å². The van der Waals surface area contributed by atoms with E-state index in [9.17, 15) is 4.79 Å². The first-order valence-electron chi connectivity index (χ1n) is 10.3. The second kappa shape index (κ2) is 7.31. The molecule has 0 saturated heterocycles. The molecule has 3 nitrogen and oxygen atoms in total. The van der Waals surface area contributed by atoms with Crippen LogP contribution in [0.4, 0.5) is 0 Å². The molecule has 2 aromatic carbocycles. The van der Waals surface area contributed by atoms with Crippen molar-refractivity contribution < 1.29 is 4.79 Å². The molecular formula is C25H26N2O. The molecule has 2 aliphatic carbocycles. The molecule has 5 rings (SSSR count). The van der Waals surface area contributed by atoms with Gasteiger partial charge in [-0.25, -0.2) is 0 Å². The third-order valence-electron chi connectivity index (χ3n) is 6.06. The quantitative estimate of drug-likeness (QED) is 0.585. The van der Waals surface area contributed by atoms with Gasteiger partial charge < -0.3 is 9.47 Å². The van der Waals surface area contributed by atoms with E-state index in [1.807, 2.05) is 12.1 Å². The van der Waals surface area contributed by atoms with Crippen LogP contribution in [0.2, 0.25) is 0 Å². The average Bonchev–Trinajstić information content (AvgIpc) is 3.66. The van der Waals surface area contributed by atoms with E-state index in [4.69, 9.17) is 0 Å². The highest BCUT2D eigenvalue weighted by atomic mass is 16.2. The molecule has 2 aliphatic rings. The van der Waals surface area contributed by atoms with Gasteiger partial charge in [0, 0.05) is 30.4 Å². The minimum Gasteiger partial charge on any atom is -0.345 e. The van der Waals surface area contributed by atoms with Gasteiger partial charge in [0.2, 0.25) is 5.91 Å². The molecule has 0 radical (unpaired) electrons. The lowest BCUT2D eigenvalue weighted by Gasteiger charge is -2.24. The zero-order valence-corrected chi connectivity index (χ0v) is 16.1. The number of rotatable bonds is 7. The van der Waals surface area contributed by atoms with Gasteiger partial charge in [0.15, 0.2) is 0 Å². The number of hydrogen-bond acceptors (Lipinski definition) is 1. The molecule has 3 heteroatoms. The summed E-state index contributed by atoms with van der Waals surface area (Å²) in [6.45, 7) is 1.58. The van der Waals surface area contributed by atoms with Crippen molar-refractivity contribution >= 4 is 5.91 Å². The van der Waals surface area contributed by atoms with E-state index in [0.29, 0.717) is 17.9 Å². The van der Waals surface area contributed by atoms with E-state index in [-0.39, 0.29) is 5.92 Å². The fourth-order valence-electron chi connectivity index (χ4n) is 4.22. The molecule has 1 amide bonds. The number of nitrogens with zero attached hydrogens (tertiary/aromatic N) is 2. The maximum Gasteiger partial charge on any atom is 0.226 e. The summed E-state index contributed by atoms with van der Waals surface area (Å²) >= 11 is 0. The summed E-state index contributed by atoms with van der Waals surface area (Å²) in [5.74, 6) is 0.926. The smallest absolute Gasteiger partial charge is 0.226 e. The summed E-state index contributed by atoms with van der Waals surface area (Å²) in [7, 11) is 0. The number of aromatic nitrogens is 1. The second-order valence-corrected chi connectivity index (χ2v) is 8.17. The Kier molecular flexibility index (Phi) is 4.52. The van der Waals surface area contributed by atoms with Crippen LogP contribution in [0.15, 0.2) is 79.0 Å². The molecule has 1 aromatic heterocycles. The highest BCUT2D eigenvalue weighted by Gasteiger charge is 2.48. The number of benzene rings is 2. The van der Waals surface area contributed by atoms with Crippen molar-refractivity contribution in [2.45, 2.75) is 44.3 Å². The van der Waals surface area contributed by atoms with Gasteiger partial charge in [-0.1, -0.05) is 60.7 Å². The summed E-state index contributed by atoms with van der Waals surface area (Å²) in [6, 6.07) is 25.7. The largest absolute Gasteiger partial charge is 0.345 e. The van der Waals surface area contributed by atoms with E-state index < -0.39 is 0 Å². The van der Waals surface area contributed by atoms with Crippen molar-refractivity contribution in [3.63, 3.8) is 0 Å². The Balaban J connectivity index is 1.30. The van der Waals surface area contributed by atoms with E-state index in [0.717, 1.165) is 32.4 Å². The predicted molar refractivity (Wildman–Crippen MR) is 111 cm³/mol. The highest BCUT2D eigenvalue weighted by molar-refractivity contribution is 5.83. The van der Waals surface area contributed by atoms with Crippen LogP contribution < -0.4 is 0 Å².